The molecule has 0 aromatic heterocycles. The fourth-order valence-electron chi connectivity index (χ4n) is 2.83. The lowest BCUT2D eigenvalue weighted by Crippen LogP contribution is -2.32. The second kappa shape index (κ2) is 5.99. The van der Waals surface area contributed by atoms with Gasteiger partial charge in [-0.05, 0) is 23.8 Å². The van der Waals surface area contributed by atoms with Crippen LogP contribution in [0.2, 0.25) is 0 Å². The van der Waals surface area contributed by atoms with Gasteiger partial charge in [0.2, 0.25) is 10.0 Å². The lowest BCUT2D eigenvalue weighted by Gasteiger charge is -2.16. The lowest BCUT2D eigenvalue weighted by atomic mass is 9.95. The van der Waals surface area contributed by atoms with Crippen molar-refractivity contribution < 1.29 is 17.2 Å². The quantitative estimate of drug-likeness (QED) is 0.932. The van der Waals surface area contributed by atoms with Gasteiger partial charge in [0.1, 0.15) is 0 Å². The Morgan fingerprint density at radius 3 is 2.35 bits per heavy atom. The molecule has 1 aliphatic rings. The van der Waals surface area contributed by atoms with Crippen molar-refractivity contribution in [1.29, 1.82) is 0 Å². The Morgan fingerprint density at radius 2 is 1.70 bits per heavy atom. The molecule has 3 rings (SSSR count). The second-order valence-electron chi connectivity index (χ2n) is 5.58. The predicted octanol–water partition coefficient (Wildman–Crippen LogP) is 2.08. The first kappa shape index (κ1) is 16.0. The van der Waals surface area contributed by atoms with Crippen molar-refractivity contribution in [3.8, 4) is 0 Å². The zero-order chi connectivity index (χ0) is 16.6. The minimum atomic E-state index is -3.91. The van der Waals surface area contributed by atoms with Crippen LogP contribution in [0.4, 0.5) is 8.78 Å². The van der Waals surface area contributed by atoms with Crippen LogP contribution in [0, 0.1) is 11.6 Å². The van der Waals surface area contributed by atoms with Crippen LogP contribution in [-0.4, -0.2) is 31.9 Å². The summed E-state index contributed by atoms with van der Waals surface area (Å²) in [7, 11) is -3.91. The summed E-state index contributed by atoms with van der Waals surface area (Å²) in [6.45, 7) is 0.355. The fourth-order valence-corrected chi connectivity index (χ4v) is 4.34. The molecular formula is C16H16F2N2O2S. The summed E-state index contributed by atoms with van der Waals surface area (Å²) in [5.74, 6) is -2.39. The van der Waals surface area contributed by atoms with Crippen LogP contribution < -0.4 is 5.73 Å². The van der Waals surface area contributed by atoms with Gasteiger partial charge in [-0.2, -0.15) is 4.31 Å². The van der Waals surface area contributed by atoms with Gasteiger partial charge in [-0.25, -0.2) is 17.2 Å². The molecule has 0 bridgehead atoms. The number of nitrogens with two attached hydrogens (primary N) is 1. The Hall–Kier alpha value is -1.83. The number of halogens is 2. The van der Waals surface area contributed by atoms with E-state index in [1.54, 1.807) is 0 Å². The molecule has 1 heterocycles. The second-order valence-corrected chi connectivity index (χ2v) is 7.52. The van der Waals surface area contributed by atoms with Crippen LogP contribution in [0.15, 0.2) is 53.4 Å². The highest BCUT2D eigenvalue weighted by molar-refractivity contribution is 7.89. The molecule has 2 atom stereocenters. The molecule has 23 heavy (non-hydrogen) atoms. The number of hydrogen-bond acceptors (Lipinski definition) is 3. The zero-order valence-corrected chi connectivity index (χ0v) is 13.0. The van der Waals surface area contributed by atoms with E-state index in [1.807, 2.05) is 30.3 Å². The smallest absolute Gasteiger partial charge is 0.243 e. The van der Waals surface area contributed by atoms with Crippen LogP contribution in [0.1, 0.15) is 11.5 Å². The maximum absolute atomic E-state index is 13.3. The largest absolute Gasteiger partial charge is 0.326 e. The van der Waals surface area contributed by atoms with E-state index in [9.17, 15) is 17.2 Å². The first-order chi connectivity index (χ1) is 10.9. The average molecular weight is 338 g/mol. The van der Waals surface area contributed by atoms with Crippen LogP contribution in [0.3, 0.4) is 0 Å². The van der Waals surface area contributed by atoms with Crippen molar-refractivity contribution in [2.24, 2.45) is 5.73 Å². The van der Waals surface area contributed by atoms with Gasteiger partial charge < -0.3 is 5.73 Å². The highest BCUT2D eigenvalue weighted by Gasteiger charge is 2.38. The molecule has 0 amide bonds. The van der Waals surface area contributed by atoms with Gasteiger partial charge in [0, 0.05) is 25.0 Å². The summed E-state index contributed by atoms with van der Waals surface area (Å²) in [6.07, 6.45) is 0. The van der Waals surface area contributed by atoms with Gasteiger partial charge in [-0.15, -0.1) is 0 Å². The van der Waals surface area contributed by atoms with E-state index < -0.39 is 21.7 Å². The first-order valence-corrected chi connectivity index (χ1v) is 8.59. The first-order valence-electron chi connectivity index (χ1n) is 7.15. The molecule has 2 N–H and O–H groups in total. The zero-order valence-electron chi connectivity index (χ0n) is 12.2. The highest BCUT2D eigenvalue weighted by Crippen LogP contribution is 2.30. The molecule has 7 heteroatoms. The van der Waals surface area contributed by atoms with Crippen LogP contribution in [0.25, 0.3) is 0 Å². The van der Waals surface area contributed by atoms with Crippen molar-refractivity contribution >= 4 is 10.0 Å². The van der Waals surface area contributed by atoms with Gasteiger partial charge >= 0.3 is 0 Å². The number of sulfonamides is 1. The minimum absolute atomic E-state index is 0.128. The molecule has 0 spiro atoms. The van der Waals surface area contributed by atoms with E-state index in [2.05, 4.69) is 0 Å². The standard InChI is InChI=1S/C16H16F2N2O2S/c17-14-7-6-12(8-15(14)18)23(21,22)20-9-13(16(19)10-20)11-4-2-1-3-5-11/h1-8,13,16H,9-10,19H2/t13-,16+/m0/s1. The van der Waals surface area contributed by atoms with Crippen molar-refractivity contribution in [1.82, 2.24) is 4.31 Å². The fraction of sp³-hybridized carbons (Fsp3) is 0.250. The normalized spacial score (nSPS) is 22.4. The molecule has 0 saturated carbocycles. The Morgan fingerprint density at radius 1 is 1.00 bits per heavy atom. The number of benzene rings is 2. The lowest BCUT2D eigenvalue weighted by molar-refractivity contribution is 0.466. The molecule has 122 valence electrons. The Balaban J connectivity index is 1.88. The van der Waals surface area contributed by atoms with Crippen molar-refractivity contribution in [2.75, 3.05) is 13.1 Å². The van der Waals surface area contributed by atoms with E-state index in [1.165, 1.54) is 4.31 Å². The topological polar surface area (TPSA) is 63.4 Å². The molecule has 0 aliphatic carbocycles. The van der Waals surface area contributed by atoms with Gasteiger partial charge in [0.15, 0.2) is 11.6 Å². The maximum Gasteiger partial charge on any atom is 0.243 e. The van der Waals surface area contributed by atoms with Gasteiger partial charge in [0.25, 0.3) is 0 Å². The number of hydrogen-bond donors (Lipinski definition) is 1. The van der Waals surface area contributed by atoms with Gasteiger partial charge in [0.05, 0.1) is 4.90 Å². The van der Waals surface area contributed by atoms with E-state index >= 15 is 0 Å². The number of rotatable bonds is 3. The molecule has 1 saturated heterocycles. The summed E-state index contributed by atoms with van der Waals surface area (Å²) in [5, 5.41) is 0. The third kappa shape index (κ3) is 2.99. The van der Waals surface area contributed by atoms with E-state index in [4.69, 9.17) is 5.73 Å². The molecular weight excluding hydrogens is 322 g/mol. The van der Waals surface area contributed by atoms with Crippen LogP contribution in [-0.2, 0) is 10.0 Å². The Bertz CT molecular complexity index is 812. The number of nitrogens with zero attached hydrogens (tertiary/aromatic N) is 1. The van der Waals surface area contributed by atoms with Crippen molar-refractivity contribution in [2.45, 2.75) is 16.9 Å². The predicted molar refractivity (Wildman–Crippen MR) is 82.3 cm³/mol. The maximum atomic E-state index is 13.3. The molecule has 1 aliphatic heterocycles. The molecule has 0 unspecified atom stereocenters. The average Bonchev–Trinajstić information content (AvgIpc) is 2.93. The highest BCUT2D eigenvalue weighted by atomic mass is 32.2. The Labute approximate surface area is 133 Å². The summed E-state index contributed by atoms with van der Waals surface area (Å²) in [4.78, 5) is -0.266. The Kier molecular flexibility index (Phi) is 4.18. The summed E-state index contributed by atoms with van der Waals surface area (Å²) in [5.41, 5.74) is 7.05. The van der Waals surface area contributed by atoms with Gasteiger partial charge in [-0.1, -0.05) is 30.3 Å². The van der Waals surface area contributed by atoms with E-state index in [0.29, 0.717) is 6.07 Å². The monoisotopic (exact) mass is 338 g/mol. The molecule has 2 aromatic rings. The summed E-state index contributed by atoms with van der Waals surface area (Å²) in [6, 6.07) is 11.6. The minimum Gasteiger partial charge on any atom is -0.326 e. The van der Waals surface area contributed by atoms with Gasteiger partial charge in [-0.3, -0.25) is 0 Å². The van der Waals surface area contributed by atoms with Crippen LogP contribution >= 0.6 is 0 Å². The van der Waals surface area contributed by atoms with Crippen LogP contribution in [0.5, 0.6) is 0 Å². The molecule has 2 aromatic carbocycles. The SMILES string of the molecule is N[C@@H]1CN(S(=O)(=O)c2ccc(F)c(F)c2)C[C@H]1c1ccccc1. The van der Waals surface area contributed by atoms with E-state index in [0.717, 1.165) is 17.7 Å². The summed E-state index contributed by atoms with van der Waals surface area (Å²) < 4.78 is 52.8. The van der Waals surface area contributed by atoms with Crippen molar-refractivity contribution in [3.63, 3.8) is 0 Å². The van der Waals surface area contributed by atoms with E-state index in [-0.39, 0.29) is 29.9 Å². The summed E-state index contributed by atoms with van der Waals surface area (Å²) >= 11 is 0. The molecule has 1 fully saturated rings. The molecule has 4 nitrogen and oxygen atoms in total. The third-order valence-corrected chi connectivity index (χ3v) is 5.92. The van der Waals surface area contributed by atoms with Crippen molar-refractivity contribution in [3.05, 3.63) is 65.7 Å². The molecule has 0 radical (unpaired) electrons. The third-order valence-electron chi connectivity index (χ3n) is 4.09.